The van der Waals surface area contributed by atoms with Crippen LogP contribution >= 0.6 is 23.6 Å². The zero-order valence-electron chi connectivity index (χ0n) is 13.2. The summed E-state index contributed by atoms with van der Waals surface area (Å²) in [5, 5.41) is 8.09. The Hall–Kier alpha value is -1.02. The Labute approximate surface area is 141 Å². The maximum Gasteiger partial charge on any atom is 0.186 e. The molecule has 1 aliphatic rings. The van der Waals surface area contributed by atoms with Crippen LogP contribution in [-0.2, 0) is 4.74 Å². The van der Waals surface area contributed by atoms with Crippen LogP contribution in [0.5, 0.6) is 0 Å². The molecule has 1 aromatic heterocycles. The van der Waals surface area contributed by atoms with Gasteiger partial charge in [0.15, 0.2) is 5.11 Å². The van der Waals surface area contributed by atoms with E-state index < -0.39 is 0 Å². The number of hydrogen-bond donors (Lipinski definition) is 2. The highest BCUT2D eigenvalue weighted by molar-refractivity contribution is 7.80. The van der Waals surface area contributed by atoms with E-state index in [1.54, 1.807) is 11.3 Å². The van der Waals surface area contributed by atoms with Crippen LogP contribution in [0.25, 0.3) is 0 Å². The summed E-state index contributed by atoms with van der Waals surface area (Å²) in [6.07, 6.45) is 1.06. The third kappa shape index (κ3) is 6.00. The van der Waals surface area contributed by atoms with Crippen LogP contribution in [0.2, 0.25) is 0 Å². The van der Waals surface area contributed by atoms with Crippen LogP contribution < -0.4 is 10.7 Å². The lowest BCUT2D eigenvalue weighted by Gasteiger charge is -2.26. The Morgan fingerprint density at radius 2 is 2.18 bits per heavy atom. The van der Waals surface area contributed by atoms with Gasteiger partial charge in [0.25, 0.3) is 0 Å². The van der Waals surface area contributed by atoms with Crippen molar-refractivity contribution in [3.05, 3.63) is 21.9 Å². The van der Waals surface area contributed by atoms with E-state index in [2.05, 4.69) is 39.8 Å². The van der Waals surface area contributed by atoms with Crippen molar-refractivity contribution in [1.29, 1.82) is 0 Å². The fourth-order valence-electron chi connectivity index (χ4n) is 2.19. The van der Waals surface area contributed by atoms with E-state index >= 15 is 0 Å². The molecular weight excluding hydrogens is 316 g/mol. The molecule has 1 aromatic rings. The van der Waals surface area contributed by atoms with Crippen molar-refractivity contribution >= 4 is 34.4 Å². The van der Waals surface area contributed by atoms with Gasteiger partial charge in [0.2, 0.25) is 0 Å². The quantitative estimate of drug-likeness (QED) is 0.359. The molecule has 0 atom stereocenters. The van der Waals surface area contributed by atoms with E-state index in [1.807, 2.05) is 6.92 Å². The van der Waals surface area contributed by atoms with E-state index in [4.69, 9.17) is 17.0 Å². The van der Waals surface area contributed by atoms with Crippen molar-refractivity contribution in [3.63, 3.8) is 0 Å². The van der Waals surface area contributed by atoms with E-state index in [0.717, 1.165) is 51.5 Å². The molecule has 1 saturated heterocycles. The molecule has 0 saturated carbocycles. The predicted octanol–water partition coefficient (Wildman–Crippen LogP) is 1.97. The Morgan fingerprint density at radius 1 is 1.41 bits per heavy atom. The maximum absolute atomic E-state index is 5.33. The van der Waals surface area contributed by atoms with Gasteiger partial charge < -0.3 is 10.1 Å². The van der Waals surface area contributed by atoms with Gasteiger partial charge in [-0.3, -0.25) is 10.3 Å². The van der Waals surface area contributed by atoms with Crippen LogP contribution in [0.15, 0.2) is 17.2 Å². The van der Waals surface area contributed by atoms with Crippen molar-refractivity contribution in [3.8, 4) is 0 Å². The minimum Gasteiger partial charge on any atom is -0.379 e. The molecule has 0 aliphatic carbocycles. The number of hydrogen-bond acceptors (Lipinski definition) is 5. The molecule has 2 heterocycles. The van der Waals surface area contributed by atoms with E-state index in [0.29, 0.717) is 5.11 Å². The fourth-order valence-corrected chi connectivity index (χ4v) is 3.15. The average molecular weight is 341 g/mol. The smallest absolute Gasteiger partial charge is 0.186 e. The summed E-state index contributed by atoms with van der Waals surface area (Å²) in [6, 6.07) is 4.18. The predicted molar refractivity (Wildman–Crippen MR) is 96.9 cm³/mol. The van der Waals surface area contributed by atoms with Gasteiger partial charge in [0.1, 0.15) is 0 Å². The van der Waals surface area contributed by atoms with Gasteiger partial charge in [-0.25, -0.2) is 0 Å². The van der Waals surface area contributed by atoms with Crippen molar-refractivity contribution in [2.75, 3.05) is 39.4 Å². The van der Waals surface area contributed by atoms with Gasteiger partial charge in [-0.15, -0.1) is 11.3 Å². The molecule has 0 radical (unpaired) electrons. The molecule has 0 spiro atoms. The lowest BCUT2D eigenvalue weighted by atomic mass is 10.3. The second-order valence-corrected chi connectivity index (χ2v) is 6.98. The number of morpholine rings is 1. The molecule has 1 aliphatic heterocycles. The topological polar surface area (TPSA) is 48.9 Å². The third-order valence-corrected chi connectivity index (χ3v) is 4.81. The highest BCUT2D eigenvalue weighted by Gasteiger charge is 2.09. The standard InChI is InChI=1S/C15H24N4OS2/c1-12-4-5-14(22-12)13(2)17-18-15(21)16-6-3-7-19-8-10-20-11-9-19/h4-5H,3,6-11H2,1-2H3,(H2,16,18,21)/b17-13-. The molecule has 2 N–H and O–H groups in total. The highest BCUT2D eigenvalue weighted by atomic mass is 32.1. The zero-order valence-corrected chi connectivity index (χ0v) is 14.9. The van der Waals surface area contributed by atoms with E-state index in [1.165, 1.54) is 9.75 Å². The average Bonchev–Trinajstić information content (AvgIpc) is 2.97. The first-order chi connectivity index (χ1) is 10.6. The number of thiocarbonyl (C=S) groups is 1. The number of rotatable bonds is 6. The first kappa shape index (κ1) is 17.3. The lowest BCUT2D eigenvalue weighted by molar-refractivity contribution is 0.0376. The fraction of sp³-hybridized carbons (Fsp3) is 0.600. The molecule has 5 nitrogen and oxygen atoms in total. The minimum absolute atomic E-state index is 0.578. The van der Waals surface area contributed by atoms with Gasteiger partial charge in [0.05, 0.1) is 23.8 Å². The number of hydrazone groups is 1. The Balaban J connectivity index is 1.61. The summed E-state index contributed by atoms with van der Waals surface area (Å²) in [4.78, 5) is 4.87. The SMILES string of the molecule is C/C(=N/NC(=S)NCCCN1CCOCC1)c1ccc(C)s1. The van der Waals surface area contributed by atoms with Gasteiger partial charge in [-0.05, 0) is 51.2 Å². The summed E-state index contributed by atoms with van der Waals surface area (Å²) in [5.41, 5.74) is 3.86. The Kier molecular flexibility index (Phi) is 7.24. The minimum atomic E-state index is 0.578. The third-order valence-electron chi connectivity index (χ3n) is 3.46. The number of thiophene rings is 1. The molecule has 22 heavy (non-hydrogen) atoms. The first-order valence-corrected chi connectivity index (χ1v) is 8.82. The van der Waals surface area contributed by atoms with E-state index in [9.17, 15) is 0 Å². The highest BCUT2D eigenvalue weighted by Crippen LogP contribution is 2.15. The molecule has 0 aromatic carbocycles. The van der Waals surface area contributed by atoms with Crippen LogP contribution in [0.4, 0.5) is 0 Å². The Bertz CT molecular complexity index is 509. The monoisotopic (exact) mass is 340 g/mol. The molecule has 0 amide bonds. The number of nitrogens with one attached hydrogen (secondary N) is 2. The number of aryl methyl sites for hydroxylation is 1. The molecule has 2 rings (SSSR count). The summed E-state index contributed by atoms with van der Waals surface area (Å²) < 4.78 is 5.33. The summed E-state index contributed by atoms with van der Waals surface area (Å²) >= 11 is 6.97. The first-order valence-electron chi connectivity index (χ1n) is 7.60. The second-order valence-electron chi connectivity index (χ2n) is 5.28. The summed E-state index contributed by atoms with van der Waals surface area (Å²) in [6.45, 7) is 9.78. The van der Waals surface area contributed by atoms with Gasteiger partial charge in [0, 0.05) is 24.5 Å². The zero-order chi connectivity index (χ0) is 15.8. The Morgan fingerprint density at radius 3 is 2.86 bits per heavy atom. The summed E-state index contributed by atoms with van der Waals surface area (Å²) in [5.74, 6) is 0. The maximum atomic E-state index is 5.33. The van der Waals surface area contributed by atoms with Crippen molar-refractivity contribution in [2.24, 2.45) is 5.10 Å². The number of ether oxygens (including phenoxy) is 1. The van der Waals surface area contributed by atoms with Gasteiger partial charge >= 0.3 is 0 Å². The molecule has 0 unspecified atom stereocenters. The normalized spacial score (nSPS) is 16.5. The number of nitrogens with zero attached hydrogens (tertiary/aromatic N) is 2. The largest absolute Gasteiger partial charge is 0.379 e. The van der Waals surface area contributed by atoms with Crippen molar-refractivity contribution < 1.29 is 4.74 Å². The molecule has 0 bridgehead atoms. The molecular formula is C15H24N4OS2. The van der Waals surface area contributed by atoms with Crippen LogP contribution in [0.1, 0.15) is 23.1 Å². The van der Waals surface area contributed by atoms with Crippen molar-refractivity contribution in [2.45, 2.75) is 20.3 Å². The van der Waals surface area contributed by atoms with Crippen LogP contribution in [-0.4, -0.2) is 55.1 Å². The van der Waals surface area contributed by atoms with Gasteiger partial charge in [-0.1, -0.05) is 0 Å². The molecule has 7 heteroatoms. The lowest BCUT2D eigenvalue weighted by Crippen LogP contribution is -2.39. The summed E-state index contributed by atoms with van der Waals surface area (Å²) in [7, 11) is 0. The molecule has 122 valence electrons. The second kappa shape index (κ2) is 9.19. The van der Waals surface area contributed by atoms with Crippen molar-refractivity contribution in [1.82, 2.24) is 15.6 Å². The van der Waals surface area contributed by atoms with Crippen LogP contribution in [0.3, 0.4) is 0 Å². The van der Waals surface area contributed by atoms with E-state index in [-0.39, 0.29) is 0 Å². The van der Waals surface area contributed by atoms with Crippen LogP contribution in [0, 0.1) is 6.92 Å². The molecule has 1 fully saturated rings. The van der Waals surface area contributed by atoms with Gasteiger partial charge in [-0.2, -0.15) is 5.10 Å².